The molecule has 0 fully saturated rings. The van der Waals surface area contributed by atoms with Gasteiger partial charge >= 0.3 is 6.16 Å². The molecule has 0 atom stereocenters. The molecule has 7 nitrogen and oxygen atoms in total. The van der Waals surface area contributed by atoms with E-state index in [0.29, 0.717) is 11.5 Å². The van der Waals surface area contributed by atoms with Crippen LogP contribution in [0.4, 0.5) is 21.9 Å². The van der Waals surface area contributed by atoms with E-state index in [1.807, 2.05) is 99.9 Å². The molecule has 0 saturated heterocycles. The molecule has 0 heterocycles. The van der Waals surface area contributed by atoms with Crippen molar-refractivity contribution in [2.75, 3.05) is 19.0 Å². The number of hydrogen-bond acceptors (Lipinski definition) is 7. The standard InChI is InChI=1S/C38H37NO5.C2H7N/c1-26-7-6-8-32(25-26)39(30-15-19-33(40)20-16-30)31-17-23-35(24-18-31)44-36(41)43-34-21-13-28(14-22-34)37(2,3)27-9-11-29(12-10-27)38(4,5)42;1-3-2/h6-25,40,42H,1-5H3;3H,1-2H3. The smallest absolute Gasteiger partial charge is 0.508 e. The Hall–Kier alpha value is -5.11. The molecular formula is C40H44N2O5. The summed E-state index contributed by atoms with van der Waals surface area (Å²) in [6, 6.07) is 37.6. The van der Waals surface area contributed by atoms with Crippen molar-refractivity contribution in [2.24, 2.45) is 0 Å². The van der Waals surface area contributed by atoms with E-state index in [2.05, 4.69) is 30.1 Å². The lowest BCUT2D eigenvalue weighted by Crippen LogP contribution is -2.20. The van der Waals surface area contributed by atoms with Crippen molar-refractivity contribution in [3.63, 3.8) is 0 Å². The Morgan fingerprint density at radius 2 is 1.06 bits per heavy atom. The van der Waals surface area contributed by atoms with Crippen molar-refractivity contribution in [3.8, 4) is 17.2 Å². The Kier molecular flexibility index (Phi) is 11.1. The minimum Gasteiger partial charge on any atom is -0.508 e. The number of nitrogens with one attached hydrogen (secondary N) is 1. The van der Waals surface area contributed by atoms with Gasteiger partial charge in [-0.15, -0.1) is 0 Å². The zero-order valence-electron chi connectivity index (χ0n) is 28.1. The molecule has 0 aliphatic rings. The molecule has 244 valence electrons. The van der Waals surface area contributed by atoms with E-state index in [9.17, 15) is 15.0 Å². The zero-order chi connectivity index (χ0) is 34.2. The minimum absolute atomic E-state index is 0.191. The molecule has 0 saturated carbocycles. The van der Waals surface area contributed by atoms with Gasteiger partial charge in [-0.2, -0.15) is 0 Å². The summed E-state index contributed by atoms with van der Waals surface area (Å²) in [4.78, 5) is 14.7. The normalized spacial score (nSPS) is 11.2. The van der Waals surface area contributed by atoms with Gasteiger partial charge in [0.2, 0.25) is 0 Å². The van der Waals surface area contributed by atoms with Crippen molar-refractivity contribution in [1.29, 1.82) is 0 Å². The number of hydrogen-bond donors (Lipinski definition) is 3. The van der Waals surface area contributed by atoms with E-state index in [1.54, 1.807) is 50.2 Å². The summed E-state index contributed by atoms with van der Waals surface area (Å²) >= 11 is 0. The summed E-state index contributed by atoms with van der Waals surface area (Å²) in [6.07, 6.45) is -0.832. The van der Waals surface area contributed by atoms with Crippen LogP contribution in [0.2, 0.25) is 0 Å². The molecule has 5 aromatic rings. The first-order valence-corrected chi connectivity index (χ1v) is 15.5. The molecular weight excluding hydrogens is 588 g/mol. The number of aliphatic hydroxyl groups is 1. The Labute approximate surface area is 278 Å². The highest BCUT2D eigenvalue weighted by Gasteiger charge is 2.25. The number of anilines is 3. The van der Waals surface area contributed by atoms with E-state index in [1.165, 1.54) is 0 Å². The molecule has 0 aliphatic heterocycles. The number of ether oxygens (including phenoxy) is 2. The highest BCUT2D eigenvalue weighted by Crippen LogP contribution is 2.37. The van der Waals surface area contributed by atoms with Crippen LogP contribution in [0.3, 0.4) is 0 Å². The van der Waals surface area contributed by atoms with Gasteiger partial charge in [-0.1, -0.05) is 62.4 Å². The number of carbonyl (C=O) groups is 1. The van der Waals surface area contributed by atoms with Crippen LogP contribution in [0, 0.1) is 6.92 Å². The first-order chi connectivity index (χ1) is 22.3. The molecule has 0 amide bonds. The summed E-state index contributed by atoms with van der Waals surface area (Å²) in [7, 11) is 3.75. The highest BCUT2D eigenvalue weighted by atomic mass is 16.7. The van der Waals surface area contributed by atoms with E-state index in [0.717, 1.165) is 39.3 Å². The van der Waals surface area contributed by atoms with Crippen LogP contribution >= 0.6 is 0 Å². The second-order valence-electron chi connectivity index (χ2n) is 12.4. The Morgan fingerprint density at radius 1 is 0.638 bits per heavy atom. The molecule has 0 bridgehead atoms. The van der Waals surface area contributed by atoms with Crippen molar-refractivity contribution < 1.29 is 24.5 Å². The molecule has 0 radical (unpaired) electrons. The lowest BCUT2D eigenvalue weighted by atomic mass is 9.77. The monoisotopic (exact) mass is 632 g/mol. The van der Waals surface area contributed by atoms with Crippen LogP contribution in [0.5, 0.6) is 17.2 Å². The van der Waals surface area contributed by atoms with Crippen molar-refractivity contribution >= 4 is 23.2 Å². The quantitative estimate of drug-likeness (QED) is 0.116. The summed E-state index contributed by atoms with van der Waals surface area (Å²) in [5, 5.41) is 22.8. The predicted octanol–water partition coefficient (Wildman–Crippen LogP) is 9.14. The second-order valence-corrected chi connectivity index (χ2v) is 12.4. The molecule has 0 aliphatic carbocycles. The van der Waals surface area contributed by atoms with Crippen LogP contribution in [0.1, 0.15) is 49.9 Å². The van der Waals surface area contributed by atoms with Gasteiger partial charge in [0.05, 0.1) is 5.60 Å². The third-order valence-electron chi connectivity index (χ3n) is 7.75. The Morgan fingerprint density at radius 3 is 1.53 bits per heavy atom. The molecule has 5 aromatic carbocycles. The molecule has 5 rings (SSSR count). The first-order valence-electron chi connectivity index (χ1n) is 15.5. The molecule has 3 N–H and O–H groups in total. The van der Waals surface area contributed by atoms with E-state index >= 15 is 0 Å². The molecule has 47 heavy (non-hydrogen) atoms. The van der Waals surface area contributed by atoms with Crippen LogP contribution < -0.4 is 19.7 Å². The van der Waals surface area contributed by atoms with Crippen molar-refractivity contribution in [3.05, 3.63) is 144 Å². The first kappa shape index (κ1) is 34.8. The fraction of sp³-hybridized carbons (Fsp3) is 0.225. The number of aromatic hydroxyl groups is 1. The Balaban J connectivity index is 0.00000160. The van der Waals surface area contributed by atoms with Crippen LogP contribution in [0.25, 0.3) is 0 Å². The summed E-state index contributed by atoms with van der Waals surface area (Å²) in [5.74, 6) is 0.915. The van der Waals surface area contributed by atoms with Crippen LogP contribution in [-0.2, 0) is 11.0 Å². The second kappa shape index (κ2) is 15.0. The lowest BCUT2D eigenvalue weighted by Gasteiger charge is -2.27. The number of benzene rings is 5. The average molecular weight is 633 g/mol. The van der Waals surface area contributed by atoms with E-state index < -0.39 is 11.8 Å². The summed E-state index contributed by atoms with van der Waals surface area (Å²) in [5.41, 5.74) is 5.63. The minimum atomic E-state index is -0.895. The molecule has 0 spiro atoms. The van der Waals surface area contributed by atoms with Gasteiger partial charge in [0.1, 0.15) is 17.2 Å². The van der Waals surface area contributed by atoms with Gasteiger partial charge in [-0.05, 0) is 130 Å². The third kappa shape index (κ3) is 9.00. The number of rotatable bonds is 8. The fourth-order valence-electron chi connectivity index (χ4n) is 5.09. The van der Waals surface area contributed by atoms with Gasteiger partial charge in [-0.25, -0.2) is 4.79 Å². The van der Waals surface area contributed by atoms with Crippen LogP contribution in [-0.4, -0.2) is 30.5 Å². The van der Waals surface area contributed by atoms with E-state index in [4.69, 9.17) is 9.47 Å². The van der Waals surface area contributed by atoms with E-state index in [-0.39, 0.29) is 11.2 Å². The van der Waals surface area contributed by atoms with Gasteiger partial charge in [0.15, 0.2) is 0 Å². The number of nitrogens with zero attached hydrogens (tertiary/aromatic N) is 1. The zero-order valence-corrected chi connectivity index (χ0v) is 28.1. The maximum Gasteiger partial charge on any atom is 0.519 e. The predicted molar refractivity (Wildman–Crippen MR) is 189 cm³/mol. The third-order valence-corrected chi connectivity index (χ3v) is 7.75. The number of phenols is 1. The molecule has 0 unspecified atom stereocenters. The molecule has 0 aromatic heterocycles. The maximum atomic E-state index is 12.6. The number of phenolic OH excluding ortho intramolecular Hbond substituents is 1. The summed E-state index contributed by atoms with van der Waals surface area (Å²) in [6.45, 7) is 9.83. The average Bonchev–Trinajstić information content (AvgIpc) is 3.03. The summed E-state index contributed by atoms with van der Waals surface area (Å²) < 4.78 is 10.9. The number of carbonyl (C=O) groups excluding carboxylic acids is 1. The van der Waals surface area contributed by atoms with Crippen molar-refractivity contribution in [2.45, 2.75) is 45.6 Å². The van der Waals surface area contributed by atoms with Crippen molar-refractivity contribution in [1.82, 2.24) is 5.32 Å². The SMILES string of the molecule is CNC.Cc1cccc(N(c2ccc(O)cc2)c2ccc(OC(=O)Oc3ccc(C(C)(C)c4ccc(C(C)(C)O)cc4)cc3)cc2)c1. The lowest BCUT2D eigenvalue weighted by molar-refractivity contribution is 0.0785. The topological polar surface area (TPSA) is 91.3 Å². The fourth-order valence-corrected chi connectivity index (χ4v) is 5.09. The van der Waals surface area contributed by atoms with Crippen LogP contribution in [0.15, 0.2) is 121 Å². The van der Waals surface area contributed by atoms with Gasteiger partial charge in [-0.3, -0.25) is 0 Å². The van der Waals surface area contributed by atoms with Gasteiger partial charge in [0.25, 0.3) is 0 Å². The molecule has 7 heteroatoms. The number of aryl methyl sites for hydroxylation is 1. The van der Waals surface area contributed by atoms with Gasteiger partial charge < -0.3 is 29.9 Å². The Bertz CT molecular complexity index is 1740. The largest absolute Gasteiger partial charge is 0.519 e. The highest BCUT2D eigenvalue weighted by molar-refractivity contribution is 5.77. The van der Waals surface area contributed by atoms with Gasteiger partial charge in [0, 0.05) is 22.5 Å². The maximum absolute atomic E-state index is 12.6.